The zero-order valence-electron chi connectivity index (χ0n) is 14.3. The Balaban J connectivity index is 1.37. The average Bonchev–Trinajstić information content (AvgIpc) is 3.44. The Hall–Kier alpha value is -2.69. The Bertz CT molecular complexity index is 823. The summed E-state index contributed by atoms with van der Waals surface area (Å²) in [7, 11) is 0. The lowest BCUT2D eigenvalue weighted by molar-refractivity contribution is -0.140. The predicted molar refractivity (Wildman–Crippen MR) is 96.3 cm³/mol. The summed E-state index contributed by atoms with van der Waals surface area (Å²) in [6.45, 7) is 4.05. The number of hydrogen-bond acceptors (Lipinski definition) is 4. The van der Waals surface area contributed by atoms with Gasteiger partial charge in [-0.3, -0.25) is 9.59 Å². The van der Waals surface area contributed by atoms with Gasteiger partial charge in [0.1, 0.15) is 12.4 Å². The van der Waals surface area contributed by atoms with E-state index in [0.29, 0.717) is 24.2 Å². The molecule has 5 aliphatic rings. The normalized spacial score (nSPS) is 36.4. The van der Waals surface area contributed by atoms with E-state index in [-0.39, 0.29) is 35.5 Å². The van der Waals surface area contributed by atoms with Gasteiger partial charge in [-0.1, -0.05) is 36.9 Å². The molecule has 5 nitrogen and oxygen atoms in total. The Kier molecular flexibility index (Phi) is 3.39. The Morgan fingerprint density at radius 2 is 1.85 bits per heavy atom. The summed E-state index contributed by atoms with van der Waals surface area (Å²) in [6.07, 6.45) is 8.73. The molecule has 0 unspecified atom stereocenters. The second-order valence-electron chi connectivity index (χ2n) is 7.56. The average molecular weight is 348 g/mol. The van der Waals surface area contributed by atoms with E-state index in [0.717, 1.165) is 17.0 Å². The lowest BCUT2D eigenvalue weighted by atomic mass is 9.63. The van der Waals surface area contributed by atoms with Crippen LogP contribution in [0.15, 0.2) is 54.2 Å². The largest absolute Gasteiger partial charge is 0.490 e. The molecule has 5 heteroatoms. The summed E-state index contributed by atoms with van der Waals surface area (Å²) >= 11 is 0. The maximum absolute atomic E-state index is 12.9. The quantitative estimate of drug-likeness (QED) is 0.467. The van der Waals surface area contributed by atoms with E-state index in [1.54, 1.807) is 12.3 Å². The molecule has 2 bridgehead atoms. The Labute approximate surface area is 152 Å². The van der Waals surface area contributed by atoms with Crippen LogP contribution in [0.1, 0.15) is 12.0 Å². The molecule has 1 aromatic carbocycles. The minimum atomic E-state index is -0.208. The van der Waals surface area contributed by atoms with Gasteiger partial charge >= 0.3 is 0 Å². The van der Waals surface area contributed by atoms with E-state index in [4.69, 9.17) is 4.74 Å². The highest BCUT2D eigenvalue weighted by molar-refractivity contribution is 6.06. The van der Waals surface area contributed by atoms with Crippen molar-refractivity contribution < 1.29 is 14.3 Å². The molecule has 26 heavy (non-hydrogen) atoms. The molecule has 6 rings (SSSR count). The van der Waals surface area contributed by atoms with Gasteiger partial charge in [-0.05, 0) is 47.8 Å². The molecule has 2 amide bonds. The van der Waals surface area contributed by atoms with Crippen molar-refractivity contribution in [1.29, 1.82) is 0 Å². The fourth-order valence-electron chi connectivity index (χ4n) is 5.02. The van der Waals surface area contributed by atoms with Crippen LogP contribution in [-0.2, 0) is 9.59 Å². The van der Waals surface area contributed by atoms with E-state index < -0.39 is 0 Å². The van der Waals surface area contributed by atoms with Crippen LogP contribution in [0.2, 0.25) is 0 Å². The number of allylic oxidation sites excluding steroid dienone is 2. The minimum Gasteiger partial charge on any atom is -0.490 e. The maximum atomic E-state index is 12.9. The highest BCUT2D eigenvalue weighted by atomic mass is 16.5. The molecule has 1 heterocycles. The van der Waals surface area contributed by atoms with Crippen molar-refractivity contribution in [3.8, 4) is 5.75 Å². The van der Waals surface area contributed by atoms with Crippen LogP contribution >= 0.6 is 0 Å². The molecular formula is C21H20N2O3. The van der Waals surface area contributed by atoms with E-state index in [1.807, 2.05) is 24.3 Å². The second kappa shape index (κ2) is 5.66. The maximum Gasteiger partial charge on any atom is 0.254 e. The van der Waals surface area contributed by atoms with E-state index in [1.165, 1.54) is 0 Å². The molecule has 4 aliphatic carbocycles. The summed E-state index contributed by atoms with van der Waals surface area (Å²) in [4.78, 5) is 25.7. The van der Waals surface area contributed by atoms with Gasteiger partial charge in [-0.2, -0.15) is 10.1 Å². The number of carbonyl (C=O) groups is 2. The van der Waals surface area contributed by atoms with E-state index in [2.05, 4.69) is 23.8 Å². The number of benzene rings is 1. The summed E-state index contributed by atoms with van der Waals surface area (Å²) in [5, 5.41) is 5.34. The van der Waals surface area contributed by atoms with Gasteiger partial charge in [0.15, 0.2) is 0 Å². The highest BCUT2D eigenvalue weighted by Gasteiger charge is 2.67. The number of amides is 2. The number of carbonyl (C=O) groups excluding carboxylic acids is 2. The van der Waals surface area contributed by atoms with Gasteiger partial charge in [0.05, 0.1) is 18.1 Å². The van der Waals surface area contributed by atoms with Crippen molar-refractivity contribution in [3.63, 3.8) is 0 Å². The number of nitrogens with zero attached hydrogens (tertiary/aromatic N) is 2. The first-order chi connectivity index (χ1) is 12.7. The molecule has 6 atom stereocenters. The molecule has 1 aromatic rings. The first-order valence-corrected chi connectivity index (χ1v) is 9.13. The van der Waals surface area contributed by atoms with Crippen molar-refractivity contribution in [2.24, 2.45) is 40.6 Å². The third-order valence-corrected chi connectivity index (χ3v) is 6.19. The zero-order valence-corrected chi connectivity index (χ0v) is 14.3. The summed E-state index contributed by atoms with van der Waals surface area (Å²) < 4.78 is 5.50. The van der Waals surface area contributed by atoms with Crippen LogP contribution in [0.25, 0.3) is 0 Å². The van der Waals surface area contributed by atoms with Crippen molar-refractivity contribution >= 4 is 18.0 Å². The molecule has 1 aliphatic heterocycles. The van der Waals surface area contributed by atoms with Gasteiger partial charge in [-0.25, -0.2) is 0 Å². The highest BCUT2D eigenvalue weighted by Crippen LogP contribution is 2.65. The van der Waals surface area contributed by atoms with Crippen LogP contribution in [0, 0.1) is 35.5 Å². The van der Waals surface area contributed by atoms with Gasteiger partial charge in [0.2, 0.25) is 0 Å². The fourth-order valence-corrected chi connectivity index (χ4v) is 5.02. The summed E-state index contributed by atoms with van der Waals surface area (Å²) in [6, 6.07) is 7.39. The standard InChI is InChI=1S/C21H20N2O3/c1-2-8-26-13-5-3-4-12(9-13)11-22-23-20(24)18-14-6-7-15(17-10-16(14)17)19(18)21(23)25/h2-7,9,11,14-19H,1,8,10H2/b22-11-/t14-,15-,16-,17+,18+,19+/m0/s1. The fraction of sp³-hybridized carbons (Fsp3) is 0.381. The number of rotatable bonds is 5. The van der Waals surface area contributed by atoms with E-state index >= 15 is 0 Å². The molecule has 0 radical (unpaired) electrons. The van der Waals surface area contributed by atoms with Crippen molar-refractivity contribution in [1.82, 2.24) is 5.01 Å². The van der Waals surface area contributed by atoms with Gasteiger partial charge in [-0.15, -0.1) is 0 Å². The minimum absolute atomic E-state index is 0.139. The Morgan fingerprint density at radius 1 is 1.15 bits per heavy atom. The first-order valence-electron chi connectivity index (χ1n) is 9.13. The van der Waals surface area contributed by atoms with E-state index in [9.17, 15) is 9.59 Å². The topological polar surface area (TPSA) is 59.0 Å². The van der Waals surface area contributed by atoms with Gasteiger partial charge in [0, 0.05) is 0 Å². The predicted octanol–water partition coefficient (Wildman–Crippen LogP) is 2.64. The zero-order chi connectivity index (χ0) is 17.8. The third kappa shape index (κ3) is 2.19. The van der Waals surface area contributed by atoms with Crippen molar-refractivity contribution in [2.75, 3.05) is 6.61 Å². The summed E-state index contributed by atoms with van der Waals surface area (Å²) in [5.74, 6) is 1.66. The van der Waals surface area contributed by atoms with Crippen molar-refractivity contribution in [2.45, 2.75) is 6.42 Å². The molecule has 0 aromatic heterocycles. The molecule has 1 saturated heterocycles. The molecule has 2 saturated carbocycles. The lowest BCUT2D eigenvalue weighted by Gasteiger charge is -2.37. The number of hydrazone groups is 1. The van der Waals surface area contributed by atoms with Crippen LogP contribution in [0.4, 0.5) is 0 Å². The smallest absolute Gasteiger partial charge is 0.254 e. The van der Waals surface area contributed by atoms with Crippen LogP contribution in [0.3, 0.4) is 0 Å². The monoisotopic (exact) mass is 348 g/mol. The molecule has 0 spiro atoms. The lowest BCUT2D eigenvalue weighted by Crippen LogP contribution is -2.40. The van der Waals surface area contributed by atoms with Crippen LogP contribution in [-0.4, -0.2) is 29.6 Å². The van der Waals surface area contributed by atoms with Crippen LogP contribution in [0.5, 0.6) is 5.75 Å². The van der Waals surface area contributed by atoms with Gasteiger partial charge < -0.3 is 4.74 Å². The number of ether oxygens (including phenoxy) is 1. The first kappa shape index (κ1) is 15.6. The second-order valence-corrected chi connectivity index (χ2v) is 7.56. The number of hydrogen-bond donors (Lipinski definition) is 0. The molecule has 3 fully saturated rings. The molecule has 132 valence electrons. The summed E-state index contributed by atoms with van der Waals surface area (Å²) in [5.41, 5.74) is 0.783. The SMILES string of the molecule is C=CCOc1cccc(/C=N\N2C(=O)[C@@H]3[C@H]4C=C[C@@H]([C@@H]5C[C@H]45)[C@H]3C2=O)c1. The molecular weight excluding hydrogens is 328 g/mol. The van der Waals surface area contributed by atoms with Crippen molar-refractivity contribution in [3.05, 3.63) is 54.6 Å². The van der Waals surface area contributed by atoms with Crippen LogP contribution < -0.4 is 4.74 Å². The Morgan fingerprint density at radius 3 is 2.50 bits per heavy atom. The number of imide groups is 1. The third-order valence-electron chi connectivity index (χ3n) is 6.19. The molecule has 0 N–H and O–H groups in total. The van der Waals surface area contributed by atoms with Gasteiger partial charge in [0.25, 0.3) is 11.8 Å².